The molecule has 1 heterocycles. The van der Waals surface area contributed by atoms with Crippen molar-refractivity contribution in [3.05, 3.63) is 24.3 Å². The Kier molecular flexibility index (Phi) is 3.82. The van der Waals surface area contributed by atoms with Gasteiger partial charge in [0.1, 0.15) is 0 Å². The van der Waals surface area contributed by atoms with E-state index in [9.17, 15) is 9.90 Å². The fourth-order valence-corrected chi connectivity index (χ4v) is 1.58. The van der Waals surface area contributed by atoms with Gasteiger partial charge in [0.05, 0.1) is 6.61 Å². The van der Waals surface area contributed by atoms with E-state index in [4.69, 9.17) is 9.57 Å². The summed E-state index contributed by atoms with van der Waals surface area (Å²) >= 11 is 0. The van der Waals surface area contributed by atoms with E-state index < -0.39 is 0 Å². The van der Waals surface area contributed by atoms with E-state index in [1.807, 2.05) is 0 Å². The first-order chi connectivity index (χ1) is 8.27. The summed E-state index contributed by atoms with van der Waals surface area (Å²) in [6.07, 6.45) is 1.92. The van der Waals surface area contributed by atoms with Gasteiger partial charge in [-0.05, 0) is 25.0 Å². The highest BCUT2D eigenvalue weighted by atomic mass is 16.7. The zero-order valence-corrected chi connectivity index (χ0v) is 9.46. The van der Waals surface area contributed by atoms with Gasteiger partial charge < -0.3 is 9.84 Å². The van der Waals surface area contributed by atoms with Gasteiger partial charge >= 0.3 is 0 Å². The maximum Gasteiger partial charge on any atom is 0.283 e. The number of hydrogen-bond donors (Lipinski definition) is 1. The molecule has 1 saturated heterocycles. The monoisotopic (exact) mass is 237 g/mol. The Bertz CT molecular complexity index is 388. The Morgan fingerprint density at radius 1 is 1.41 bits per heavy atom. The van der Waals surface area contributed by atoms with E-state index in [2.05, 4.69) is 0 Å². The Morgan fingerprint density at radius 3 is 2.94 bits per heavy atom. The minimum absolute atomic E-state index is 0.0277. The first-order valence-corrected chi connectivity index (χ1v) is 5.61. The van der Waals surface area contributed by atoms with Crippen LogP contribution in [0.5, 0.6) is 11.5 Å². The quantitative estimate of drug-likeness (QED) is 0.861. The normalized spacial score (nSPS) is 15.6. The third kappa shape index (κ3) is 3.10. The molecule has 0 radical (unpaired) electrons. The number of hydroxylamine groups is 2. The van der Waals surface area contributed by atoms with Crippen molar-refractivity contribution in [3.63, 3.8) is 0 Å². The Morgan fingerprint density at radius 2 is 2.24 bits per heavy atom. The smallest absolute Gasteiger partial charge is 0.283 e. The second kappa shape index (κ2) is 5.54. The Balaban J connectivity index is 1.85. The number of hydrogen-bond acceptors (Lipinski definition) is 4. The number of phenols is 1. The third-order valence-electron chi connectivity index (χ3n) is 2.50. The van der Waals surface area contributed by atoms with Crippen molar-refractivity contribution in [1.82, 2.24) is 5.06 Å². The molecule has 0 aromatic heterocycles. The van der Waals surface area contributed by atoms with Crippen molar-refractivity contribution >= 4 is 5.91 Å². The van der Waals surface area contributed by atoms with Crippen molar-refractivity contribution in [2.75, 3.05) is 19.8 Å². The summed E-state index contributed by atoms with van der Waals surface area (Å²) in [5.74, 6) is 0.102. The summed E-state index contributed by atoms with van der Waals surface area (Å²) in [4.78, 5) is 16.9. The highest BCUT2D eigenvalue weighted by Crippen LogP contribution is 2.24. The van der Waals surface area contributed by atoms with Crippen molar-refractivity contribution in [3.8, 4) is 11.5 Å². The fraction of sp³-hybridized carbons (Fsp3) is 0.417. The molecule has 5 heteroatoms. The number of phenolic OH excluding ortho intramolecular Hbond substituents is 1. The molecule has 1 aliphatic heterocycles. The van der Waals surface area contributed by atoms with Crippen molar-refractivity contribution < 1.29 is 19.5 Å². The minimum Gasteiger partial charge on any atom is -0.504 e. The molecule has 1 fully saturated rings. The van der Waals surface area contributed by atoms with Crippen LogP contribution in [0, 0.1) is 0 Å². The largest absolute Gasteiger partial charge is 0.504 e. The predicted octanol–water partition coefficient (Wildman–Crippen LogP) is 1.32. The molecule has 0 aliphatic carbocycles. The first-order valence-electron chi connectivity index (χ1n) is 5.61. The molecule has 1 amide bonds. The molecule has 0 spiro atoms. The number of carbonyl (C=O) groups is 1. The highest BCUT2D eigenvalue weighted by Gasteiger charge is 2.18. The van der Waals surface area contributed by atoms with Gasteiger partial charge in [0.2, 0.25) is 0 Å². The standard InChI is InChI=1S/C12H15NO4/c14-10-5-1-2-6-11(10)16-9-12(15)13-7-3-4-8-17-13/h1-2,5-6,14H,3-4,7-9H2. The Hall–Kier alpha value is -1.75. The number of rotatable bonds is 3. The topological polar surface area (TPSA) is 59.0 Å². The molecule has 0 atom stereocenters. The molecule has 2 rings (SSSR count). The second-order valence-electron chi connectivity index (χ2n) is 3.79. The van der Waals surface area contributed by atoms with Crippen LogP contribution in [-0.2, 0) is 9.63 Å². The van der Waals surface area contributed by atoms with E-state index in [1.165, 1.54) is 11.1 Å². The number of benzene rings is 1. The van der Waals surface area contributed by atoms with Gasteiger partial charge in [0.15, 0.2) is 18.1 Å². The molecule has 1 N–H and O–H groups in total. The maximum absolute atomic E-state index is 11.7. The summed E-state index contributed by atoms with van der Waals surface area (Å²) < 4.78 is 5.23. The third-order valence-corrected chi connectivity index (χ3v) is 2.50. The summed E-state index contributed by atoms with van der Waals surface area (Å²) in [6.45, 7) is 1.04. The van der Waals surface area contributed by atoms with E-state index in [0.717, 1.165) is 12.8 Å². The van der Waals surface area contributed by atoms with Gasteiger partial charge in [-0.1, -0.05) is 12.1 Å². The maximum atomic E-state index is 11.7. The van der Waals surface area contributed by atoms with Crippen LogP contribution < -0.4 is 4.74 Å². The predicted molar refractivity (Wildman–Crippen MR) is 60.5 cm³/mol. The molecular formula is C12H15NO4. The van der Waals surface area contributed by atoms with Crippen LogP contribution in [0.15, 0.2) is 24.3 Å². The van der Waals surface area contributed by atoms with Gasteiger partial charge in [-0.3, -0.25) is 9.63 Å². The van der Waals surface area contributed by atoms with Crippen molar-refractivity contribution in [2.45, 2.75) is 12.8 Å². The zero-order chi connectivity index (χ0) is 12.1. The van der Waals surface area contributed by atoms with Gasteiger partial charge in [0, 0.05) is 6.54 Å². The van der Waals surface area contributed by atoms with E-state index >= 15 is 0 Å². The lowest BCUT2D eigenvalue weighted by Crippen LogP contribution is -2.38. The number of aromatic hydroxyl groups is 1. The summed E-state index contributed by atoms with van der Waals surface area (Å²) in [7, 11) is 0. The average molecular weight is 237 g/mol. The molecule has 0 saturated carbocycles. The van der Waals surface area contributed by atoms with Gasteiger partial charge in [-0.15, -0.1) is 0 Å². The van der Waals surface area contributed by atoms with Crippen molar-refractivity contribution in [2.24, 2.45) is 0 Å². The van der Waals surface area contributed by atoms with Gasteiger partial charge in [-0.2, -0.15) is 0 Å². The zero-order valence-electron chi connectivity index (χ0n) is 9.46. The van der Waals surface area contributed by atoms with Crippen LogP contribution in [-0.4, -0.2) is 35.8 Å². The van der Waals surface area contributed by atoms with Gasteiger partial charge in [0.25, 0.3) is 5.91 Å². The van der Waals surface area contributed by atoms with Crippen LogP contribution in [0.3, 0.4) is 0 Å². The molecule has 0 bridgehead atoms. The van der Waals surface area contributed by atoms with Crippen LogP contribution in [0.1, 0.15) is 12.8 Å². The van der Waals surface area contributed by atoms with Crippen LogP contribution >= 0.6 is 0 Å². The van der Waals surface area contributed by atoms with Crippen LogP contribution in [0.4, 0.5) is 0 Å². The molecule has 92 valence electrons. The lowest BCUT2D eigenvalue weighted by molar-refractivity contribution is -0.198. The SMILES string of the molecule is O=C(COc1ccccc1O)N1CCCCO1. The fourth-order valence-electron chi connectivity index (χ4n) is 1.58. The molecule has 5 nitrogen and oxygen atoms in total. The van der Waals surface area contributed by atoms with Gasteiger partial charge in [-0.25, -0.2) is 5.06 Å². The average Bonchev–Trinajstić information content (AvgIpc) is 2.38. The molecule has 1 aromatic carbocycles. The summed E-state index contributed by atoms with van der Waals surface area (Å²) in [6, 6.07) is 6.55. The Labute approximate surface area is 99.5 Å². The lowest BCUT2D eigenvalue weighted by atomic mass is 10.3. The van der Waals surface area contributed by atoms with E-state index in [0.29, 0.717) is 18.9 Å². The lowest BCUT2D eigenvalue weighted by Gasteiger charge is -2.25. The van der Waals surface area contributed by atoms with Crippen LogP contribution in [0.2, 0.25) is 0 Å². The molecular weight excluding hydrogens is 222 g/mol. The first kappa shape index (κ1) is 11.7. The highest BCUT2D eigenvalue weighted by molar-refractivity contribution is 5.76. The number of ether oxygens (including phenoxy) is 1. The summed E-state index contributed by atoms with van der Waals surface area (Å²) in [5, 5.41) is 10.8. The minimum atomic E-state index is -0.229. The van der Waals surface area contributed by atoms with Crippen LogP contribution in [0.25, 0.3) is 0 Å². The molecule has 1 aromatic rings. The van der Waals surface area contributed by atoms with E-state index in [1.54, 1.807) is 18.2 Å². The molecule has 17 heavy (non-hydrogen) atoms. The second-order valence-corrected chi connectivity index (χ2v) is 3.79. The van der Waals surface area contributed by atoms with E-state index in [-0.39, 0.29) is 18.3 Å². The number of carbonyl (C=O) groups excluding carboxylic acids is 1. The number of amides is 1. The number of nitrogens with zero attached hydrogens (tertiary/aromatic N) is 1. The molecule has 0 unspecified atom stereocenters. The van der Waals surface area contributed by atoms with Crippen molar-refractivity contribution in [1.29, 1.82) is 0 Å². The molecule has 1 aliphatic rings. The number of para-hydroxylation sites is 2. The summed E-state index contributed by atoms with van der Waals surface area (Å²) in [5.41, 5.74) is 0.